The van der Waals surface area contributed by atoms with Crippen LogP contribution in [-0.4, -0.2) is 20.6 Å². The van der Waals surface area contributed by atoms with E-state index < -0.39 is 5.97 Å². The standard InChI is InChI=1S/C13H14N2O2.ClH/c16-12(17)7-8-15-11-4-2-1-3-10(11)14-13(15)9-5-6-9;/h1-4,9H,5-8H2,(H,16,17);1H. The highest BCUT2D eigenvalue weighted by atomic mass is 35.5. The molecule has 0 saturated heterocycles. The summed E-state index contributed by atoms with van der Waals surface area (Å²) in [7, 11) is 0. The Morgan fingerprint density at radius 1 is 1.39 bits per heavy atom. The summed E-state index contributed by atoms with van der Waals surface area (Å²) in [5.74, 6) is 0.841. The van der Waals surface area contributed by atoms with E-state index in [2.05, 4.69) is 9.55 Å². The van der Waals surface area contributed by atoms with E-state index in [9.17, 15) is 4.79 Å². The Morgan fingerprint density at radius 3 is 2.78 bits per heavy atom. The number of aromatic nitrogens is 2. The number of fused-ring (bicyclic) bond motifs is 1. The molecule has 18 heavy (non-hydrogen) atoms. The molecule has 1 fully saturated rings. The zero-order valence-electron chi connectivity index (χ0n) is 9.87. The topological polar surface area (TPSA) is 55.1 Å². The smallest absolute Gasteiger partial charge is 0.305 e. The van der Waals surface area contributed by atoms with Crippen LogP contribution in [0.5, 0.6) is 0 Å². The van der Waals surface area contributed by atoms with Gasteiger partial charge in [-0.05, 0) is 25.0 Å². The van der Waals surface area contributed by atoms with Crippen LogP contribution in [0, 0.1) is 0 Å². The third-order valence-corrected chi connectivity index (χ3v) is 3.18. The lowest BCUT2D eigenvalue weighted by molar-refractivity contribution is -0.137. The van der Waals surface area contributed by atoms with Crippen LogP contribution in [0.2, 0.25) is 0 Å². The maximum Gasteiger partial charge on any atom is 0.305 e. The van der Waals surface area contributed by atoms with Gasteiger partial charge < -0.3 is 9.67 Å². The van der Waals surface area contributed by atoms with E-state index in [1.807, 2.05) is 24.3 Å². The number of hydrogen-bond acceptors (Lipinski definition) is 2. The summed E-state index contributed by atoms with van der Waals surface area (Å²) in [4.78, 5) is 15.3. The van der Waals surface area contributed by atoms with Crippen LogP contribution < -0.4 is 0 Å². The molecule has 0 radical (unpaired) electrons. The molecule has 3 rings (SSSR count). The number of hydrogen-bond donors (Lipinski definition) is 1. The van der Waals surface area contributed by atoms with Crippen molar-refractivity contribution in [1.82, 2.24) is 9.55 Å². The van der Waals surface area contributed by atoms with Gasteiger partial charge in [-0.2, -0.15) is 0 Å². The molecule has 1 aromatic heterocycles. The van der Waals surface area contributed by atoms with Crippen molar-refractivity contribution >= 4 is 29.4 Å². The molecule has 1 heterocycles. The molecule has 0 aliphatic heterocycles. The van der Waals surface area contributed by atoms with E-state index in [0.717, 1.165) is 16.9 Å². The Morgan fingerprint density at radius 2 is 2.11 bits per heavy atom. The van der Waals surface area contributed by atoms with Crippen molar-refractivity contribution in [1.29, 1.82) is 0 Å². The zero-order valence-corrected chi connectivity index (χ0v) is 10.7. The van der Waals surface area contributed by atoms with Gasteiger partial charge in [0.25, 0.3) is 0 Å². The number of carboxylic acids is 1. The van der Waals surface area contributed by atoms with E-state index >= 15 is 0 Å². The largest absolute Gasteiger partial charge is 0.481 e. The molecule has 4 nitrogen and oxygen atoms in total. The number of carboxylic acid groups (broad SMARTS) is 1. The van der Waals surface area contributed by atoms with E-state index in [1.165, 1.54) is 12.8 Å². The van der Waals surface area contributed by atoms with Crippen LogP contribution in [0.25, 0.3) is 11.0 Å². The minimum Gasteiger partial charge on any atom is -0.481 e. The average Bonchev–Trinajstić information content (AvgIpc) is 3.08. The second-order valence-corrected chi connectivity index (χ2v) is 4.53. The van der Waals surface area contributed by atoms with Crippen LogP contribution in [0.4, 0.5) is 0 Å². The van der Waals surface area contributed by atoms with Gasteiger partial charge in [-0.15, -0.1) is 12.4 Å². The van der Waals surface area contributed by atoms with Crippen LogP contribution in [0.1, 0.15) is 31.0 Å². The lowest BCUT2D eigenvalue weighted by atomic mass is 10.3. The molecule has 1 aromatic carbocycles. The summed E-state index contributed by atoms with van der Waals surface area (Å²) in [6, 6.07) is 7.93. The number of para-hydroxylation sites is 2. The molecule has 1 saturated carbocycles. The summed E-state index contributed by atoms with van der Waals surface area (Å²) in [6.45, 7) is 0.516. The quantitative estimate of drug-likeness (QED) is 0.926. The molecule has 0 bridgehead atoms. The van der Waals surface area contributed by atoms with E-state index in [-0.39, 0.29) is 18.8 Å². The highest BCUT2D eigenvalue weighted by Gasteiger charge is 2.29. The normalized spacial score (nSPS) is 14.4. The van der Waals surface area contributed by atoms with Crippen LogP contribution in [0.3, 0.4) is 0 Å². The van der Waals surface area contributed by atoms with Crippen molar-refractivity contribution in [2.45, 2.75) is 31.7 Å². The Labute approximate surface area is 111 Å². The van der Waals surface area contributed by atoms with Gasteiger partial charge in [0.05, 0.1) is 17.5 Å². The van der Waals surface area contributed by atoms with Crippen LogP contribution >= 0.6 is 12.4 Å². The van der Waals surface area contributed by atoms with Gasteiger partial charge in [-0.3, -0.25) is 4.79 Å². The Hall–Kier alpha value is -1.55. The third kappa shape index (κ3) is 2.34. The van der Waals surface area contributed by atoms with Gasteiger partial charge in [-0.1, -0.05) is 12.1 Å². The molecule has 1 aliphatic rings. The maximum absolute atomic E-state index is 10.7. The second kappa shape index (κ2) is 4.98. The van der Waals surface area contributed by atoms with Gasteiger partial charge >= 0.3 is 5.97 Å². The molecule has 0 unspecified atom stereocenters. The van der Waals surface area contributed by atoms with E-state index in [1.54, 1.807) is 0 Å². The Balaban J connectivity index is 0.00000120. The molecule has 1 aliphatic carbocycles. The van der Waals surface area contributed by atoms with Crippen molar-refractivity contribution < 1.29 is 9.90 Å². The first-order valence-corrected chi connectivity index (χ1v) is 5.92. The van der Waals surface area contributed by atoms with E-state index in [4.69, 9.17) is 5.11 Å². The molecule has 1 N–H and O–H groups in total. The number of benzene rings is 1. The molecule has 2 aromatic rings. The van der Waals surface area contributed by atoms with Gasteiger partial charge in [0.15, 0.2) is 0 Å². The summed E-state index contributed by atoms with van der Waals surface area (Å²) >= 11 is 0. The zero-order chi connectivity index (χ0) is 11.8. The van der Waals surface area contributed by atoms with Crippen LogP contribution in [-0.2, 0) is 11.3 Å². The predicted molar refractivity (Wildman–Crippen MR) is 71.2 cm³/mol. The SMILES string of the molecule is Cl.O=C(O)CCn1c(C2CC2)nc2ccccc21. The number of rotatable bonds is 4. The lowest BCUT2D eigenvalue weighted by Gasteiger charge is -2.06. The highest BCUT2D eigenvalue weighted by molar-refractivity contribution is 5.85. The number of halogens is 1. The summed E-state index contributed by atoms with van der Waals surface area (Å²) in [5, 5.41) is 8.80. The van der Waals surface area contributed by atoms with Crippen molar-refractivity contribution in [3.05, 3.63) is 30.1 Å². The van der Waals surface area contributed by atoms with Crippen molar-refractivity contribution in [2.24, 2.45) is 0 Å². The number of carbonyl (C=O) groups is 1. The average molecular weight is 267 g/mol. The number of nitrogens with zero attached hydrogens (tertiary/aromatic N) is 2. The monoisotopic (exact) mass is 266 g/mol. The van der Waals surface area contributed by atoms with Gasteiger partial charge in [0.2, 0.25) is 0 Å². The molecule has 0 spiro atoms. The van der Waals surface area contributed by atoms with Crippen LogP contribution in [0.15, 0.2) is 24.3 Å². The van der Waals surface area contributed by atoms with Crippen molar-refractivity contribution in [3.8, 4) is 0 Å². The third-order valence-electron chi connectivity index (χ3n) is 3.18. The molecule has 5 heteroatoms. The predicted octanol–water partition coefficient (Wildman–Crippen LogP) is 2.81. The first-order chi connectivity index (χ1) is 8.25. The molecular weight excluding hydrogens is 252 g/mol. The molecular formula is C13H15ClN2O2. The number of imidazole rings is 1. The fraction of sp³-hybridized carbons (Fsp3) is 0.385. The molecule has 96 valence electrons. The van der Waals surface area contributed by atoms with E-state index in [0.29, 0.717) is 12.5 Å². The number of aliphatic carboxylic acids is 1. The summed E-state index contributed by atoms with van der Waals surface area (Å²) in [6.07, 6.45) is 2.51. The Bertz CT molecular complexity index is 575. The maximum atomic E-state index is 10.7. The highest BCUT2D eigenvalue weighted by Crippen LogP contribution is 2.40. The second-order valence-electron chi connectivity index (χ2n) is 4.53. The minimum absolute atomic E-state index is 0. The molecule has 0 amide bonds. The van der Waals surface area contributed by atoms with Gasteiger partial charge in [0.1, 0.15) is 5.82 Å². The molecule has 0 atom stereocenters. The first kappa shape index (κ1) is 12.9. The fourth-order valence-corrected chi connectivity index (χ4v) is 2.19. The van der Waals surface area contributed by atoms with Crippen molar-refractivity contribution in [3.63, 3.8) is 0 Å². The Kier molecular flexibility index (Phi) is 3.57. The number of aryl methyl sites for hydroxylation is 1. The first-order valence-electron chi connectivity index (χ1n) is 5.92. The van der Waals surface area contributed by atoms with Gasteiger partial charge in [-0.25, -0.2) is 4.98 Å². The lowest BCUT2D eigenvalue weighted by Crippen LogP contribution is -2.07. The van der Waals surface area contributed by atoms with Crippen molar-refractivity contribution in [2.75, 3.05) is 0 Å². The fourth-order valence-electron chi connectivity index (χ4n) is 2.19. The summed E-state index contributed by atoms with van der Waals surface area (Å²) in [5.41, 5.74) is 2.02. The minimum atomic E-state index is -0.760. The summed E-state index contributed by atoms with van der Waals surface area (Å²) < 4.78 is 2.07. The van der Waals surface area contributed by atoms with Gasteiger partial charge in [0, 0.05) is 12.5 Å².